The predicted octanol–water partition coefficient (Wildman–Crippen LogP) is 4.59. The first-order valence-electron chi connectivity index (χ1n) is 8.85. The van der Waals surface area contributed by atoms with E-state index in [2.05, 4.69) is 24.5 Å². The van der Waals surface area contributed by atoms with Crippen molar-refractivity contribution in [3.8, 4) is 0 Å². The molecule has 0 aliphatic heterocycles. The largest absolute Gasteiger partial charge is 0.467 e. The minimum atomic E-state index is -0.233. The highest BCUT2D eigenvalue weighted by Crippen LogP contribution is 2.16. The molecule has 0 aliphatic rings. The maximum Gasteiger partial charge on any atom is 0.255 e. The highest BCUT2D eigenvalue weighted by molar-refractivity contribution is 6.05. The molecule has 0 radical (unpaired) electrons. The fourth-order valence-electron chi connectivity index (χ4n) is 2.64. The van der Waals surface area contributed by atoms with Crippen molar-refractivity contribution in [3.05, 3.63) is 89.4 Å². The van der Waals surface area contributed by atoms with E-state index in [9.17, 15) is 9.59 Å². The van der Waals surface area contributed by atoms with Gasteiger partial charge in [0.1, 0.15) is 5.76 Å². The van der Waals surface area contributed by atoms with Gasteiger partial charge in [-0.15, -0.1) is 0 Å². The van der Waals surface area contributed by atoms with E-state index in [1.807, 2.05) is 24.3 Å². The van der Waals surface area contributed by atoms with Crippen LogP contribution in [0.15, 0.2) is 71.3 Å². The molecule has 0 bridgehead atoms. The molecule has 2 N–H and O–H groups in total. The van der Waals surface area contributed by atoms with Crippen LogP contribution in [0.5, 0.6) is 0 Å². The molecule has 0 unspecified atom stereocenters. The van der Waals surface area contributed by atoms with Crippen LogP contribution in [-0.4, -0.2) is 11.8 Å². The zero-order chi connectivity index (χ0) is 19.2. The fraction of sp³-hybridized carbons (Fsp3) is 0.182. The van der Waals surface area contributed by atoms with Crippen molar-refractivity contribution in [2.24, 2.45) is 0 Å². The molecule has 2 aromatic carbocycles. The molecule has 27 heavy (non-hydrogen) atoms. The number of furan rings is 1. The first-order chi connectivity index (χ1) is 13.0. The Morgan fingerprint density at radius 2 is 1.70 bits per heavy atom. The number of hydrogen-bond acceptors (Lipinski definition) is 3. The van der Waals surface area contributed by atoms with E-state index in [-0.39, 0.29) is 11.8 Å². The summed E-state index contributed by atoms with van der Waals surface area (Å²) in [7, 11) is 0. The average molecular weight is 362 g/mol. The molecular weight excluding hydrogens is 340 g/mol. The lowest BCUT2D eigenvalue weighted by Crippen LogP contribution is -2.22. The SMILES string of the molecule is CC(C)c1ccc(C(=O)Nc2cccc(C(=O)NCc3ccco3)c2)cc1. The van der Waals surface area contributed by atoms with Crippen LogP contribution in [0.4, 0.5) is 5.69 Å². The number of amides is 2. The second-order valence-corrected chi connectivity index (χ2v) is 6.57. The topological polar surface area (TPSA) is 71.3 Å². The van der Waals surface area contributed by atoms with Crippen molar-refractivity contribution < 1.29 is 14.0 Å². The third kappa shape index (κ3) is 4.85. The molecule has 5 heteroatoms. The molecule has 3 aromatic rings. The zero-order valence-corrected chi connectivity index (χ0v) is 15.4. The lowest BCUT2D eigenvalue weighted by molar-refractivity contribution is 0.0946. The van der Waals surface area contributed by atoms with Gasteiger partial charge in [0.25, 0.3) is 11.8 Å². The van der Waals surface area contributed by atoms with Gasteiger partial charge >= 0.3 is 0 Å². The summed E-state index contributed by atoms with van der Waals surface area (Å²) < 4.78 is 5.20. The zero-order valence-electron chi connectivity index (χ0n) is 15.4. The second-order valence-electron chi connectivity index (χ2n) is 6.57. The van der Waals surface area contributed by atoms with Crippen molar-refractivity contribution >= 4 is 17.5 Å². The Hall–Kier alpha value is -3.34. The molecule has 0 saturated heterocycles. The summed E-state index contributed by atoms with van der Waals surface area (Å²) in [5.41, 5.74) is 2.79. The van der Waals surface area contributed by atoms with Crippen LogP contribution < -0.4 is 10.6 Å². The first-order valence-corrected chi connectivity index (χ1v) is 8.85. The lowest BCUT2D eigenvalue weighted by atomic mass is 10.0. The predicted molar refractivity (Wildman–Crippen MR) is 105 cm³/mol. The Morgan fingerprint density at radius 3 is 2.37 bits per heavy atom. The van der Waals surface area contributed by atoms with Crippen molar-refractivity contribution in [1.29, 1.82) is 0 Å². The van der Waals surface area contributed by atoms with Crippen LogP contribution in [0.3, 0.4) is 0 Å². The van der Waals surface area contributed by atoms with E-state index in [0.717, 1.165) is 0 Å². The van der Waals surface area contributed by atoms with Gasteiger partial charge in [0, 0.05) is 16.8 Å². The standard InChI is InChI=1S/C22H22N2O3/c1-15(2)16-8-10-17(11-9-16)22(26)24-19-6-3-5-18(13-19)21(25)23-14-20-7-4-12-27-20/h3-13,15H,14H2,1-2H3,(H,23,25)(H,24,26). The molecule has 5 nitrogen and oxygen atoms in total. The molecule has 138 valence electrons. The Kier molecular flexibility index (Phi) is 5.71. The average Bonchev–Trinajstić information content (AvgIpc) is 3.20. The second kappa shape index (κ2) is 8.36. The van der Waals surface area contributed by atoms with E-state index in [0.29, 0.717) is 35.0 Å². The van der Waals surface area contributed by atoms with Crippen LogP contribution >= 0.6 is 0 Å². The number of hydrogen-bond donors (Lipinski definition) is 2. The Morgan fingerprint density at radius 1 is 0.926 bits per heavy atom. The third-order valence-electron chi connectivity index (χ3n) is 4.23. The molecule has 2 amide bonds. The van der Waals surface area contributed by atoms with Crippen molar-refractivity contribution in [1.82, 2.24) is 5.32 Å². The molecule has 0 spiro atoms. The van der Waals surface area contributed by atoms with Gasteiger partial charge in [0.15, 0.2) is 0 Å². The Labute approximate surface area is 158 Å². The summed E-state index contributed by atoms with van der Waals surface area (Å²) in [5.74, 6) is 0.651. The van der Waals surface area contributed by atoms with E-state index in [1.165, 1.54) is 5.56 Å². The van der Waals surface area contributed by atoms with E-state index in [4.69, 9.17) is 4.42 Å². The van der Waals surface area contributed by atoms with Gasteiger partial charge in [-0.1, -0.05) is 32.0 Å². The summed E-state index contributed by atoms with van der Waals surface area (Å²) in [6, 6.07) is 17.9. The highest BCUT2D eigenvalue weighted by Gasteiger charge is 2.10. The van der Waals surface area contributed by atoms with Crippen LogP contribution in [0, 0.1) is 0 Å². The molecule has 1 heterocycles. The molecule has 0 saturated carbocycles. The van der Waals surface area contributed by atoms with Gasteiger partial charge in [-0.2, -0.15) is 0 Å². The minimum absolute atomic E-state index is 0.210. The number of carbonyl (C=O) groups excluding carboxylic acids is 2. The van der Waals surface area contributed by atoms with Gasteiger partial charge in [-0.05, 0) is 53.9 Å². The van der Waals surface area contributed by atoms with Gasteiger partial charge in [-0.25, -0.2) is 0 Å². The number of anilines is 1. The number of rotatable bonds is 6. The summed E-state index contributed by atoms with van der Waals surface area (Å²) in [6.45, 7) is 4.53. The first kappa shape index (κ1) is 18.5. The van der Waals surface area contributed by atoms with Gasteiger partial charge in [0.05, 0.1) is 12.8 Å². The van der Waals surface area contributed by atoms with E-state index >= 15 is 0 Å². The number of benzene rings is 2. The van der Waals surface area contributed by atoms with Crippen molar-refractivity contribution in [2.75, 3.05) is 5.32 Å². The van der Waals surface area contributed by atoms with Crippen molar-refractivity contribution in [2.45, 2.75) is 26.3 Å². The Balaban J connectivity index is 1.64. The summed E-state index contributed by atoms with van der Waals surface area (Å²) >= 11 is 0. The molecule has 3 rings (SSSR count). The minimum Gasteiger partial charge on any atom is -0.467 e. The molecule has 0 atom stereocenters. The Bertz CT molecular complexity index is 913. The number of carbonyl (C=O) groups is 2. The highest BCUT2D eigenvalue weighted by atomic mass is 16.3. The van der Waals surface area contributed by atoms with Crippen LogP contribution in [0.25, 0.3) is 0 Å². The lowest BCUT2D eigenvalue weighted by Gasteiger charge is -2.09. The number of nitrogens with one attached hydrogen (secondary N) is 2. The normalized spacial score (nSPS) is 10.6. The maximum atomic E-state index is 12.4. The van der Waals surface area contributed by atoms with Crippen LogP contribution in [0.1, 0.15) is 51.8 Å². The molecular formula is C22H22N2O3. The summed E-state index contributed by atoms with van der Waals surface area (Å²) in [6.07, 6.45) is 1.56. The van der Waals surface area contributed by atoms with E-state index < -0.39 is 0 Å². The van der Waals surface area contributed by atoms with E-state index in [1.54, 1.807) is 42.7 Å². The molecule has 0 aliphatic carbocycles. The third-order valence-corrected chi connectivity index (χ3v) is 4.23. The smallest absolute Gasteiger partial charge is 0.255 e. The quantitative estimate of drug-likeness (QED) is 0.674. The van der Waals surface area contributed by atoms with Gasteiger partial charge in [-0.3, -0.25) is 9.59 Å². The summed E-state index contributed by atoms with van der Waals surface area (Å²) in [5, 5.41) is 5.62. The summed E-state index contributed by atoms with van der Waals surface area (Å²) in [4.78, 5) is 24.7. The molecule has 0 fully saturated rings. The van der Waals surface area contributed by atoms with Crippen LogP contribution in [0.2, 0.25) is 0 Å². The maximum absolute atomic E-state index is 12.4. The molecule has 1 aromatic heterocycles. The van der Waals surface area contributed by atoms with Crippen molar-refractivity contribution in [3.63, 3.8) is 0 Å². The van der Waals surface area contributed by atoms with Gasteiger partial charge < -0.3 is 15.1 Å². The fourth-order valence-corrected chi connectivity index (χ4v) is 2.64. The monoisotopic (exact) mass is 362 g/mol. The van der Waals surface area contributed by atoms with Crippen LogP contribution in [-0.2, 0) is 6.54 Å². The van der Waals surface area contributed by atoms with Gasteiger partial charge in [0.2, 0.25) is 0 Å².